The highest BCUT2D eigenvalue weighted by Crippen LogP contribution is 2.46. The number of anilines is 1. The summed E-state index contributed by atoms with van der Waals surface area (Å²) in [6.07, 6.45) is 4.34. The van der Waals surface area contributed by atoms with Crippen molar-refractivity contribution in [2.75, 3.05) is 38.3 Å². The molecule has 7 heteroatoms. The average Bonchev–Trinajstić information content (AvgIpc) is 3.75. The number of carbonyl (C=O) groups excluding carboxylic acids is 1. The fourth-order valence-electron chi connectivity index (χ4n) is 5.10. The molecule has 0 N–H and O–H groups in total. The molecule has 0 radical (unpaired) electrons. The van der Waals surface area contributed by atoms with Crippen molar-refractivity contribution in [3.05, 3.63) is 59.9 Å². The van der Waals surface area contributed by atoms with Crippen LogP contribution in [0.1, 0.15) is 49.1 Å². The first-order valence-electron chi connectivity index (χ1n) is 12.5. The summed E-state index contributed by atoms with van der Waals surface area (Å²) in [5, 5.41) is 11.2. The van der Waals surface area contributed by atoms with E-state index in [1.54, 1.807) is 13.2 Å². The zero-order valence-electron chi connectivity index (χ0n) is 20.9. The number of carbonyl (C=O) groups is 1. The number of piperazine rings is 1. The molecule has 7 nitrogen and oxygen atoms in total. The maximum atomic E-state index is 12.6. The van der Waals surface area contributed by atoms with Gasteiger partial charge in [0.25, 0.3) is 0 Å². The van der Waals surface area contributed by atoms with Crippen molar-refractivity contribution < 1.29 is 9.53 Å². The fourth-order valence-corrected chi connectivity index (χ4v) is 5.10. The van der Waals surface area contributed by atoms with E-state index in [9.17, 15) is 10.1 Å². The standard InChI is InChI=1S/C29H31N5O2/c1-4-22-10-11-24-23(6-5-7-26(24)31-22)25-16-21(17-30)29(32-28(25)20-8-9-20)33-13-14-34(19(2)18-33)27(35)12-15-36-3/h4-7,10-11,16,19-20H,1,8-9,12-15,18H2,2-3H3/t19-/m1/s1. The highest BCUT2D eigenvalue weighted by molar-refractivity contribution is 5.96. The van der Waals surface area contributed by atoms with Crippen molar-refractivity contribution >= 4 is 28.7 Å². The SMILES string of the molecule is C=Cc1ccc2c(-c3cc(C#N)c(N4CCN(C(=O)CCOC)[C@H](C)C4)nc3C3CC3)cccc2n1. The molecule has 3 heterocycles. The molecule has 0 spiro atoms. The Kier molecular flexibility index (Phi) is 6.71. The lowest BCUT2D eigenvalue weighted by Crippen LogP contribution is -2.54. The Morgan fingerprint density at radius 1 is 1.22 bits per heavy atom. The second kappa shape index (κ2) is 10.1. The third-order valence-corrected chi connectivity index (χ3v) is 7.14. The molecule has 2 aromatic heterocycles. The first kappa shape index (κ1) is 24.0. The van der Waals surface area contributed by atoms with E-state index in [1.165, 1.54) is 0 Å². The molecule has 2 fully saturated rings. The van der Waals surface area contributed by atoms with Crippen LogP contribution >= 0.6 is 0 Å². The Balaban J connectivity index is 1.51. The predicted molar refractivity (Wildman–Crippen MR) is 142 cm³/mol. The molecule has 1 saturated carbocycles. The summed E-state index contributed by atoms with van der Waals surface area (Å²) < 4.78 is 5.07. The van der Waals surface area contributed by atoms with Gasteiger partial charge in [0.2, 0.25) is 5.91 Å². The van der Waals surface area contributed by atoms with Crippen molar-refractivity contribution in [1.29, 1.82) is 5.26 Å². The van der Waals surface area contributed by atoms with Crippen LogP contribution in [0, 0.1) is 11.3 Å². The van der Waals surface area contributed by atoms with Crippen LogP contribution in [0.3, 0.4) is 0 Å². The van der Waals surface area contributed by atoms with E-state index >= 15 is 0 Å². The number of benzene rings is 1. The molecule has 0 unspecified atom stereocenters. The largest absolute Gasteiger partial charge is 0.384 e. The number of aromatic nitrogens is 2. The van der Waals surface area contributed by atoms with Gasteiger partial charge in [-0.2, -0.15) is 5.26 Å². The van der Waals surface area contributed by atoms with Gasteiger partial charge >= 0.3 is 0 Å². The number of pyridine rings is 2. The summed E-state index contributed by atoms with van der Waals surface area (Å²) in [7, 11) is 1.61. The van der Waals surface area contributed by atoms with Gasteiger partial charge in [-0.3, -0.25) is 4.79 Å². The van der Waals surface area contributed by atoms with E-state index in [0.29, 0.717) is 44.1 Å². The maximum Gasteiger partial charge on any atom is 0.225 e. The Bertz CT molecular complexity index is 1360. The Morgan fingerprint density at radius 2 is 2.06 bits per heavy atom. The Morgan fingerprint density at radius 3 is 2.75 bits per heavy atom. The zero-order chi connectivity index (χ0) is 25.2. The molecule has 2 aliphatic rings. The quantitative estimate of drug-likeness (QED) is 0.484. The van der Waals surface area contributed by atoms with Crippen molar-refractivity contribution in [2.24, 2.45) is 0 Å². The van der Waals surface area contributed by atoms with Gasteiger partial charge in [0, 0.05) is 49.7 Å². The summed E-state index contributed by atoms with van der Waals surface area (Å²) in [6.45, 7) is 8.22. The minimum atomic E-state index is 0.0312. The Hall–Kier alpha value is -3.76. The Labute approximate surface area is 212 Å². The zero-order valence-corrected chi connectivity index (χ0v) is 20.9. The van der Waals surface area contributed by atoms with E-state index in [-0.39, 0.29) is 11.9 Å². The summed E-state index contributed by atoms with van der Waals surface area (Å²) >= 11 is 0. The minimum absolute atomic E-state index is 0.0312. The monoisotopic (exact) mass is 481 g/mol. The van der Waals surface area contributed by atoms with Crippen LogP contribution < -0.4 is 4.90 Å². The number of hydrogen-bond donors (Lipinski definition) is 0. The maximum absolute atomic E-state index is 12.6. The summed E-state index contributed by atoms with van der Waals surface area (Å²) in [6, 6.07) is 14.6. The highest BCUT2D eigenvalue weighted by Gasteiger charge is 2.33. The van der Waals surface area contributed by atoms with Crippen LogP contribution in [0.15, 0.2) is 43.0 Å². The van der Waals surface area contributed by atoms with Crippen LogP contribution in [-0.4, -0.2) is 60.2 Å². The number of rotatable bonds is 7. The van der Waals surface area contributed by atoms with Gasteiger partial charge < -0.3 is 14.5 Å². The van der Waals surface area contributed by atoms with Gasteiger partial charge in [-0.05, 0) is 49.6 Å². The van der Waals surface area contributed by atoms with Gasteiger partial charge in [0.05, 0.1) is 35.5 Å². The van der Waals surface area contributed by atoms with Gasteiger partial charge in [0.1, 0.15) is 11.9 Å². The minimum Gasteiger partial charge on any atom is -0.384 e. The molecule has 184 valence electrons. The average molecular weight is 482 g/mol. The number of hydrogen-bond acceptors (Lipinski definition) is 6. The lowest BCUT2D eigenvalue weighted by atomic mass is 9.95. The molecular formula is C29H31N5O2. The number of nitrogens with zero attached hydrogens (tertiary/aromatic N) is 5. The lowest BCUT2D eigenvalue weighted by Gasteiger charge is -2.41. The smallest absolute Gasteiger partial charge is 0.225 e. The number of fused-ring (bicyclic) bond motifs is 1. The molecule has 3 aromatic rings. The molecule has 36 heavy (non-hydrogen) atoms. The van der Waals surface area contributed by atoms with E-state index in [2.05, 4.69) is 36.6 Å². The molecule has 1 amide bonds. The summed E-state index contributed by atoms with van der Waals surface area (Å²) in [5.74, 6) is 1.23. The van der Waals surface area contributed by atoms with E-state index in [1.807, 2.05) is 29.2 Å². The van der Waals surface area contributed by atoms with Crippen molar-refractivity contribution in [1.82, 2.24) is 14.9 Å². The highest BCUT2D eigenvalue weighted by atomic mass is 16.5. The summed E-state index contributed by atoms with van der Waals surface area (Å²) in [4.78, 5) is 26.5. The predicted octanol–water partition coefficient (Wildman–Crippen LogP) is 4.76. The molecule has 0 bridgehead atoms. The summed E-state index contributed by atoms with van der Waals surface area (Å²) in [5.41, 5.74) is 5.41. The van der Waals surface area contributed by atoms with Crippen molar-refractivity contribution in [3.8, 4) is 17.2 Å². The van der Waals surface area contributed by atoms with Crippen molar-refractivity contribution in [3.63, 3.8) is 0 Å². The molecule has 1 aromatic carbocycles. The van der Waals surface area contributed by atoms with E-state index < -0.39 is 0 Å². The molecule has 1 aliphatic heterocycles. The fraction of sp³-hybridized carbons (Fsp3) is 0.379. The number of nitriles is 1. The number of methoxy groups -OCH3 is 1. The van der Waals surface area contributed by atoms with Gasteiger partial charge in [-0.15, -0.1) is 0 Å². The number of amides is 1. The van der Waals surface area contributed by atoms with Gasteiger partial charge in [0.15, 0.2) is 0 Å². The van der Waals surface area contributed by atoms with Crippen LogP contribution in [0.4, 0.5) is 5.82 Å². The third kappa shape index (κ3) is 4.57. The normalized spacial score (nSPS) is 17.8. The molecule has 1 atom stereocenters. The van der Waals surface area contributed by atoms with Crippen molar-refractivity contribution in [2.45, 2.75) is 38.1 Å². The second-order valence-electron chi connectivity index (χ2n) is 9.62. The lowest BCUT2D eigenvalue weighted by molar-refractivity contribution is -0.134. The molecule has 5 rings (SSSR count). The molecule has 1 aliphatic carbocycles. The second-order valence-corrected chi connectivity index (χ2v) is 9.62. The van der Waals surface area contributed by atoms with E-state index in [0.717, 1.165) is 52.1 Å². The molecule has 1 saturated heterocycles. The first-order valence-corrected chi connectivity index (χ1v) is 12.5. The topological polar surface area (TPSA) is 82.4 Å². The van der Waals surface area contributed by atoms with Crippen LogP contribution in [-0.2, 0) is 9.53 Å². The van der Waals surface area contributed by atoms with E-state index in [4.69, 9.17) is 14.7 Å². The van der Waals surface area contributed by atoms with Crippen LogP contribution in [0.25, 0.3) is 28.1 Å². The third-order valence-electron chi connectivity index (χ3n) is 7.14. The van der Waals surface area contributed by atoms with Gasteiger partial charge in [-0.25, -0.2) is 9.97 Å². The molecular weight excluding hydrogens is 450 g/mol. The van der Waals surface area contributed by atoms with Crippen LogP contribution in [0.2, 0.25) is 0 Å². The number of ether oxygens (including phenoxy) is 1. The van der Waals surface area contributed by atoms with Crippen LogP contribution in [0.5, 0.6) is 0 Å². The first-order chi connectivity index (χ1) is 17.5. The van der Waals surface area contributed by atoms with Gasteiger partial charge in [-0.1, -0.05) is 24.8 Å².